The maximum absolute atomic E-state index is 11.8. The molecule has 0 saturated carbocycles. The first-order valence-electron chi connectivity index (χ1n) is 7.32. The molecule has 2 rings (SSSR count). The Kier molecular flexibility index (Phi) is 4.78. The second-order valence-corrected chi connectivity index (χ2v) is 5.83. The Morgan fingerprint density at radius 1 is 0.750 bits per heavy atom. The summed E-state index contributed by atoms with van der Waals surface area (Å²) in [6.07, 6.45) is 0. The van der Waals surface area contributed by atoms with Crippen molar-refractivity contribution in [3.05, 3.63) is 47.5 Å². The lowest BCUT2D eigenvalue weighted by molar-refractivity contribution is 0.0652. The highest BCUT2D eigenvalue weighted by molar-refractivity contribution is 6.10. The molecule has 24 heavy (non-hydrogen) atoms. The number of carboxylic acid groups (broad SMARTS) is 2. The number of nitrogens with zero attached hydrogens (tertiary/aromatic N) is 2. The van der Waals surface area contributed by atoms with Crippen molar-refractivity contribution in [3.8, 4) is 11.1 Å². The van der Waals surface area contributed by atoms with Gasteiger partial charge in [-0.15, -0.1) is 0 Å². The van der Waals surface area contributed by atoms with Crippen molar-refractivity contribution in [2.45, 2.75) is 0 Å². The van der Waals surface area contributed by atoms with E-state index in [1.165, 1.54) is 0 Å². The third-order valence-corrected chi connectivity index (χ3v) is 3.79. The summed E-state index contributed by atoms with van der Waals surface area (Å²) < 4.78 is 0. The number of hydrogen-bond donors (Lipinski definition) is 2. The minimum atomic E-state index is -1.26. The number of rotatable bonds is 5. The molecular formula is C18H20N2O4. The first kappa shape index (κ1) is 17.3. The summed E-state index contributed by atoms with van der Waals surface area (Å²) in [6, 6.07) is 10.6. The molecule has 0 spiro atoms. The van der Waals surface area contributed by atoms with Crippen LogP contribution in [0.2, 0.25) is 0 Å². The zero-order valence-electron chi connectivity index (χ0n) is 14.1. The van der Waals surface area contributed by atoms with Gasteiger partial charge < -0.3 is 20.0 Å². The summed E-state index contributed by atoms with van der Waals surface area (Å²) in [4.78, 5) is 27.0. The van der Waals surface area contributed by atoms with E-state index in [-0.39, 0.29) is 11.1 Å². The minimum absolute atomic E-state index is 0.202. The van der Waals surface area contributed by atoms with E-state index in [0.717, 1.165) is 5.69 Å². The molecule has 0 atom stereocenters. The third-order valence-electron chi connectivity index (χ3n) is 3.79. The lowest BCUT2D eigenvalue weighted by Gasteiger charge is -2.19. The second-order valence-electron chi connectivity index (χ2n) is 5.83. The Morgan fingerprint density at radius 3 is 1.71 bits per heavy atom. The van der Waals surface area contributed by atoms with Crippen molar-refractivity contribution in [1.82, 2.24) is 0 Å². The van der Waals surface area contributed by atoms with Crippen LogP contribution in [-0.4, -0.2) is 50.3 Å². The summed E-state index contributed by atoms with van der Waals surface area (Å²) in [7, 11) is 7.18. The highest BCUT2D eigenvalue weighted by Gasteiger charge is 2.25. The van der Waals surface area contributed by atoms with Gasteiger partial charge in [-0.05, 0) is 29.3 Å². The maximum Gasteiger partial charge on any atom is 0.338 e. The summed E-state index contributed by atoms with van der Waals surface area (Å²) >= 11 is 0. The molecular weight excluding hydrogens is 308 g/mol. The molecule has 0 radical (unpaired) electrons. The summed E-state index contributed by atoms with van der Waals surface area (Å²) in [5, 5.41) is 19.2. The van der Waals surface area contributed by atoms with E-state index in [2.05, 4.69) is 0 Å². The molecule has 6 nitrogen and oxygen atoms in total. The molecule has 0 unspecified atom stereocenters. The molecule has 6 heteroatoms. The largest absolute Gasteiger partial charge is 0.478 e. The molecule has 0 bridgehead atoms. The second kappa shape index (κ2) is 6.62. The fraction of sp³-hybridized carbons (Fsp3) is 0.222. The van der Waals surface area contributed by atoms with E-state index in [0.29, 0.717) is 16.8 Å². The summed E-state index contributed by atoms with van der Waals surface area (Å²) in [5.74, 6) is -2.52. The zero-order valence-corrected chi connectivity index (χ0v) is 14.1. The van der Waals surface area contributed by atoms with Crippen molar-refractivity contribution >= 4 is 23.3 Å². The Balaban J connectivity index is 2.72. The van der Waals surface area contributed by atoms with Crippen LogP contribution in [0.4, 0.5) is 11.4 Å². The van der Waals surface area contributed by atoms with Gasteiger partial charge in [0.05, 0.1) is 16.8 Å². The number of carboxylic acids is 2. The quantitative estimate of drug-likeness (QED) is 0.878. The zero-order chi connectivity index (χ0) is 18.0. The Bertz CT molecular complexity index is 780. The topological polar surface area (TPSA) is 81.1 Å². The highest BCUT2D eigenvalue weighted by Crippen LogP contribution is 2.33. The summed E-state index contributed by atoms with van der Waals surface area (Å²) in [5.41, 5.74) is 1.96. The van der Waals surface area contributed by atoms with Crippen LogP contribution in [0, 0.1) is 0 Å². The molecule has 0 heterocycles. The molecule has 0 aliphatic carbocycles. The summed E-state index contributed by atoms with van der Waals surface area (Å²) in [6.45, 7) is 0. The van der Waals surface area contributed by atoms with Gasteiger partial charge >= 0.3 is 11.9 Å². The molecule has 2 aromatic rings. The van der Waals surface area contributed by atoms with Gasteiger partial charge in [-0.1, -0.05) is 18.2 Å². The van der Waals surface area contributed by atoms with Crippen molar-refractivity contribution in [2.24, 2.45) is 0 Å². The van der Waals surface area contributed by atoms with Crippen LogP contribution in [0.25, 0.3) is 11.1 Å². The minimum Gasteiger partial charge on any atom is -0.478 e. The lowest BCUT2D eigenvalue weighted by Crippen LogP contribution is -2.18. The van der Waals surface area contributed by atoms with E-state index in [1.54, 1.807) is 43.3 Å². The monoisotopic (exact) mass is 328 g/mol. The number of benzene rings is 2. The number of aromatic carboxylic acids is 2. The Labute approximate surface area is 140 Å². The average molecular weight is 328 g/mol. The molecule has 0 aliphatic heterocycles. The van der Waals surface area contributed by atoms with E-state index < -0.39 is 11.9 Å². The van der Waals surface area contributed by atoms with E-state index >= 15 is 0 Å². The van der Waals surface area contributed by atoms with Crippen molar-refractivity contribution in [1.29, 1.82) is 0 Å². The molecule has 2 N–H and O–H groups in total. The van der Waals surface area contributed by atoms with Gasteiger partial charge in [-0.25, -0.2) is 9.59 Å². The molecule has 126 valence electrons. The first-order valence-corrected chi connectivity index (χ1v) is 7.32. The van der Waals surface area contributed by atoms with Gasteiger partial charge in [-0.2, -0.15) is 0 Å². The predicted octanol–water partition coefficient (Wildman–Crippen LogP) is 2.88. The predicted molar refractivity (Wildman–Crippen MR) is 94.5 cm³/mol. The van der Waals surface area contributed by atoms with Crippen LogP contribution in [0.15, 0.2) is 36.4 Å². The third kappa shape index (κ3) is 3.17. The van der Waals surface area contributed by atoms with E-state index in [9.17, 15) is 19.8 Å². The fourth-order valence-corrected chi connectivity index (χ4v) is 2.58. The number of carbonyl (C=O) groups is 2. The van der Waals surface area contributed by atoms with Crippen molar-refractivity contribution in [3.63, 3.8) is 0 Å². The van der Waals surface area contributed by atoms with Crippen molar-refractivity contribution in [2.75, 3.05) is 38.0 Å². The number of anilines is 2. The van der Waals surface area contributed by atoms with Gasteiger partial charge in [-0.3, -0.25) is 0 Å². The fourth-order valence-electron chi connectivity index (χ4n) is 2.58. The first-order chi connectivity index (χ1) is 11.2. The van der Waals surface area contributed by atoms with Crippen molar-refractivity contribution < 1.29 is 19.8 Å². The molecule has 0 saturated heterocycles. The van der Waals surface area contributed by atoms with Crippen LogP contribution in [0.3, 0.4) is 0 Å². The SMILES string of the molecule is CN(C)c1ccc(-c2ccc(N(C)C)c(C(=O)O)c2C(=O)O)cc1. The molecule has 2 aromatic carbocycles. The van der Waals surface area contributed by atoms with Crippen LogP contribution in [-0.2, 0) is 0 Å². The lowest BCUT2D eigenvalue weighted by atomic mass is 9.93. The highest BCUT2D eigenvalue weighted by atomic mass is 16.4. The van der Waals surface area contributed by atoms with E-state index in [1.807, 2.05) is 31.1 Å². The molecule has 0 aromatic heterocycles. The molecule has 0 fully saturated rings. The van der Waals surface area contributed by atoms with Crippen LogP contribution < -0.4 is 9.80 Å². The van der Waals surface area contributed by atoms with Crippen LogP contribution >= 0.6 is 0 Å². The molecule has 0 aliphatic rings. The van der Waals surface area contributed by atoms with Gasteiger partial charge in [0.25, 0.3) is 0 Å². The standard InChI is InChI=1S/C18H20N2O4/c1-19(2)12-7-5-11(6-8-12)13-9-10-14(20(3)4)16(18(23)24)15(13)17(21)22/h5-10H,1-4H3,(H,21,22)(H,23,24). The average Bonchev–Trinajstić information content (AvgIpc) is 2.53. The number of hydrogen-bond acceptors (Lipinski definition) is 4. The van der Waals surface area contributed by atoms with Gasteiger partial charge in [0.15, 0.2) is 0 Å². The van der Waals surface area contributed by atoms with Crippen LogP contribution in [0.5, 0.6) is 0 Å². The molecule has 0 amide bonds. The Morgan fingerprint density at radius 2 is 1.29 bits per heavy atom. The van der Waals surface area contributed by atoms with Gasteiger partial charge in [0.1, 0.15) is 0 Å². The van der Waals surface area contributed by atoms with Crippen LogP contribution in [0.1, 0.15) is 20.7 Å². The maximum atomic E-state index is 11.8. The smallest absolute Gasteiger partial charge is 0.338 e. The Hall–Kier alpha value is -3.02. The van der Waals surface area contributed by atoms with Gasteiger partial charge in [0.2, 0.25) is 0 Å². The normalized spacial score (nSPS) is 10.3. The van der Waals surface area contributed by atoms with E-state index in [4.69, 9.17) is 0 Å². The van der Waals surface area contributed by atoms with Gasteiger partial charge in [0, 0.05) is 33.9 Å².